The molecule has 5 nitrogen and oxygen atoms in total. The van der Waals surface area contributed by atoms with Gasteiger partial charge in [0, 0.05) is 12.1 Å². The lowest BCUT2D eigenvalue weighted by atomic mass is 10.2. The zero-order valence-electron chi connectivity index (χ0n) is 13.7. The Kier molecular flexibility index (Phi) is 6.57. The van der Waals surface area contributed by atoms with E-state index in [-0.39, 0.29) is 11.0 Å². The molecule has 0 saturated carbocycles. The molecule has 1 amide bonds. The van der Waals surface area contributed by atoms with E-state index < -0.39 is 0 Å². The van der Waals surface area contributed by atoms with E-state index in [1.807, 2.05) is 31.2 Å². The molecule has 0 atom stereocenters. The van der Waals surface area contributed by atoms with E-state index >= 15 is 0 Å². The van der Waals surface area contributed by atoms with E-state index in [9.17, 15) is 4.79 Å². The van der Waals surface area contributed by atoms with Crippen LogP contribution in [0.25, 0.3) is 0 Å². The molecule has 0 aliphatic carbocycles. The Bertz CT molecular complexity index is 702. The molecule has 0 aliphatic heterocycles. The molecule has 0 unspecified atom stereocenters. The summed E-state index contributed by atoms with van der Waals surface area (Å²) in [7, 11) is 1.62. The molecule has 0 fully saturated rings. The number of carbonyl (C=O) groups is 1. The quantitative estimate of drug-likeness (QED) is 0.789. The molecule has 2 rings (SSSR count). The molecular formula is C18H20N2O3S. The number of methoxy groups -OCH3 is 1. The lowest BCUT2D eigenvalue weighted by Crippen LogP contribution is -2.38. The minimum absolute atomic E-state index is 0.274. The standard InChI is InChI=1S/C18H20N2O3S/c1-3-23-16-6-4-5-14(11-16)17(21)20-18(24)19-12-13-7-9-15(22-2)10-8-13/h4-11H,3,12H2,1-2H3,(H2,19,20,21,24). The summed E-state index contributed by atoms with van der Waals surface area (Å²) in [5.74, 6) is 1.18. The van der Waals surface area contributed by atoms with E-state index in [4.69, 9.17) is 21.7 Å². The van der Waals surface area contributed by atoms with Crippen LogP contribution >= 0.6 is 12.2 Å². The maximum Gasteiger partial charge on any atom is 0.257 e. The number of ether oxygens (including phenoxy) is 2. The largest absolute Gasteiger partial charge is 0.497 e. The van der Waals surface area contributed by atoms with Crippen LogP contribution in [0.5, 0.6) is 11.5 Å². The van der Waals surface area contributed by atoms with Gasteiger partial charge in [0.25, 0.3) is 5.91 Å². The maximum atomic E-state index is 12.2. The summed E-state index contributed by atoms with van der Waals surface area (Å²) in [6.07, 6.45) is 0. The van der Waals surface area contributed by atoms with Gasteiger partial charge in [-0.2, -0.15) is 0 Å². The monoisotopic (exact) mass is 344 g/mol. The second-order valence-corrected chi connectivity index (χ2v) is 5.35. The number of carbonyl (C=O) groups excluding carboxylic acids is 1. The fourth-order valence-corrected chi connectivity index (χ4v) is 2.20. The number of amides is 1. The SMILES string of the molecule is CCOc1cccc(C(=O)NC(=S)NCc2ccc(OC)cc2)c1. The molecule has 0 aliphatic rings. The Morgan fingerprint density at radius 1 is 1.12 bits per heavy atom. The van der Waals surface area contributed by atoms with Crippen LogP contribution in [-0.4, -0.2) is 24.7 Å². The van der Waals surface area contributed by atoms with E-state index in [2.05, 4.69) is 10.6 Å². The van der Waals surface area contributed by atoms with E-state index in [1.165, 1.54) is 0 Å². The number of rotatable bonds is 6. The molecule has 2 aromatic carbocycles. The van der Waals surface area contributed by atoms with Gasteiger partial charge in [-0.3, -0.25) is 10.1 Å². The average molecular weight is 344 g/mol. The van der Waals surface area contributed by atoms with Gasteiger partial charge in [0.05, 0.1) is 13.7 Å². The first-order chi connectivity index (χ1) is 11.6. The van der Waals surface area contributed by atoms with Crippen LogP contribution in [0.3, 0.4) is 0 Å². The molecule has 0 spiro atoms. The molecule has 0 heterocycles. The van der Waals surface area contributed by atoms with Crippen LogP contribution in [0.15, 0.2) is 48.5 Å². The fraction of sp³-hybridized carbons (Fsp3) is 0.222. The van der Waals surface area contributed by atoms with Crippen molar-refractivity contribution < 1.29 is 14.3 Å². The normalized spacial score (nSPS) is 9.92. The smallest absolute Gasteiger partial charge is 0.257 e. The summed E-state index contributed by atoms with van der Waals surface area (Å²) in [5, 5.41) is 5.94. The molecule has 2 aromatic rings. The van der Waals surface area contributed by atoms with Gasteiger partial charge in [0.15, 0.2) is 5.11 Å². The van der Waals surface area contributed by atoms with E-state index in [0.717, 1.165) is 11.3 Å². The van der Waals surface area contributed by atoms with Crippen LogP contribution in [0.1, 0.15) is 22.8 Å². The number of benzene rings is 2. The van der Waals surface area contributed by atoms with Crippen LogP contribution in [0, 0.1) is 0 Å². The van der Waals surface area contributed by atoms with Crippen LogP contribution in [0.4, 0.5) is 0 Å². The Hall–Kier alpha value is -2.60. The first-order valence-electron chi connectivity index (χ1n) is 7.57. The predicted octanol–water partition coefficient (Wildman–Crippen LogP) is 2.90. The van der Waals surface area contributed by atoms with Crippen molar-refractivity contribution in [2.45, 2.75) is 13.5 Å². The third-order valence-corrected chi connectivity index (χ3v) is 3.49. The minimum atomic E-state index is -0.274. The minimum Gasteiger partial charge on any atom is -0.497 e. The third-order valence-electron chi connectivity index (χ3n) is 3.25. The summed E-state index contributed by atoms with van der Waals surface area (Å²) in [5.41, 5.74) is 1.53. The molecule has 0 saturated heterocycles. The number of nitrogens with one attached hydrogen (secondary N) is 2. The molecule has 0 aromatic heterocycles. The van der Waals surface area contributed by atoms with E-state index in [1.54, 1.807) is 31.4 Å². The highest BCUT2D eigenvalue weighted by Crippen LogP contribution is 2.13. The topological polar surface area (TPSA) is 59.6 Å². The van der Waals surface area contributed by atoms with Crippen LogP contribution in [-0.2, 0) is 6.54 Å². The highest BCUT2D eigenvalue weighted by molar-refractivity contribution is 7.80. The van der Waals surface area contributed by atoms with Gasteiger partial charge in [-0.15, -0.1) is 0 Å². The number of hydrogen-bond donors (Lipinski definition) is 2. The van der Waals surface area contributed by atoms with Crippen molar-refractivity contribution in [3.8, 4) is 11.5 Å². The van der Waals surface area contributed by atoms with Crippen LogP contribution in [0.2, 0.25) is 0 Å². The Morgan fingerprint density at radius 3 is 2.54 bits per heavy atom. The molecule has 6 heteroatoms. The lowest BCUT2D eigenvalue weighted by Gasteiger charge is -2.11. The van der Waals surface area contributed by atoms with Crippen molar-refractivity contribution in [3.63, 3.8) is 0 Å². The predicted molar refractivity (Wildman–Crippen MR) is 97.5 cm³/mol. The molecule has 0 bridgehead atoms. The van der Waals surface area contributed by atoms with Gasteiger partial charge in [-0.05, 0) is 55.0 Å². The first kappa shape index (κ1) is 17.7. The number of hydrogen-bond acceptors (Lipinski definition) is 4. The maximum absolute atomic E-state index is 12.2. The number of thiocarbonyl (C=S) groups is 1. The summed E-state index contributed by atoms with van der Waals surface area (Å²) < 4.78 is 10.5. The second kappa shape index (κ2) is 8.88. The van der Waals surface area contributed by atoms with Gasteiger partial charge in [0.1, 0.15) is 11.5 Å². The molecule has 0 radical (unpaired) electrons. The first-order valence-corrected chi connectivity index (χ1v) is 7.98. The van der Waals surface area contributed by atoms with Gasteiger partial charge in [-0.1, -0.05) is 18.2 Å². The van der Waals surface area contributed by atoms with Crippen molar-refractivity contribution in [3.05, 3.63) is 59.7 Å². The average Bonchev–Trinajstić information content (AvgIpc) is 2.61. The molecular weight excluding hydrogens is 324 g/mol. The summed E-state index contributed by atoms with van der Waals surface area (Å²) in [6, 6.07) is 14.6. The Morgan fingerprint density at radius 2 is 1.88 bits per heavy atom. The van der Waals surface area contributed by atoms with Crippen molar-refractivity contribution >= 4 is 23.2 Å². The van der Waals surface area contributed by atoms with Crippen molar-refractivity contribution in [2.24, 2.45) is 0 Å². The van der Waals surface area contributed by atoms with E-state index in [0.29, 0.717) is 24.5 Å². The molecule has 24 heavy (non-hydrogen) atoms. The highest BCUT2D eigenvalue weighted by atomic mass is 32.1. The van der Waals surface area contributed by atoms with Crippen molar-refractivity contribution in [1.82, 2.24) is 10.6 Å². The van der Waals surface area contributed by atoms with Crippen LogP contribution < -0.4 is 20.1 Å². The Balaban J connectivity index is 1.86. The Labute approximate surface area is 147 Å². The van der Waals surface area contributed by atoms with Gasteiger partial charge >= 0.3 is 0 Å². The van der Waals surface area contributed by atoms with Gasteiger partial charge in [0.2, 0.25) is 0 Å². The van der Waals surface area contributed by atoms with Crippen molar-refractivity contribution in [1.29, 1.82) is 0 Å². The summed E-state index contributed by atoms with van der Waals surface area (Å²) in [6.45, 7) is 2.96. The lowest BCUT2D eigenvalue weighted by molar-refractivity contribution is 0.0976. The zero-order chi connectivity index (χ0) is 17.4. The molecule has 126 valence electrons. The molecule has 2 N–H and O–H groups in total. The van der Waals surface area contributed by atoms with Gasteiger partial charge < -0.3 is 14.8 Å². The summed E-state index contributed by atoms with van der Waals surface area (Å²) >= 11 is 5.16. The van der Waals surface area contributed by atoms with Gasteiger partial charge in [-0.25, -0.2) is 0 Å². The fourth-order valence-electron chi connectivity index (χ4n) is 2.04. The highest BCUT2D eigenvalue weighted by Gasteiger charge is 2.08. The summed E-state index contributed by atoms with van der Waals surface area (Å²) in [4.78, 5) is 12.2. The third kappa shape index (κ3) is 5.24. The zero-order valence-corrected chi connectivity index (χ0v) is 14.5. The second-order valence-electron chi connectivity index (χ2n) is 4.95. The van der Waals surface area contributed by atoms with Crippen molar-refractivity contribution in [2.75, 3.05) is 13.7 Å².